The normalized spacial score (nSPS) is 10.6. The van der Waals surface area contributed by atoms with Crippen molar-refractivity contribution in [3.63, 3.8) is 0 Å². The number of hydrogen-bond acceptors (Lipinski definition) is 5. The molecule has 0 spiro atoms. The van der Waals surface area contributed by atoms with Crippen molar-refractivity contribution in [3.05, 3.63) is 106 Å². The number of carbonyl (C=O) groups is 1. The number of rotatable bonds is 8. The summed E-state index contributed by atoms with van der Waals surface area (Å²) in [7, 11) is 1.28. The first-order valence-electron chi connectivity index (χ1n) is 11.1. The van der Waals surface area contributed by atoms with Gasteiger partial charge in [-0.05, 0) is 24.6 Å². The Morgan fingerprint density at radius 3 is 2.12 bits per heavy atom. The molecule has 0 unspecified atom stereocenters. The molecule has 34 heavy (non-hydrogen) atoms. The molecule has 0 saturated carbocycles. The average Bonchev–Trinajstić information content (AvgIpc) is 2.88. The van der Waals surface area contributed by atoms with Crippen LogP contribution in [-0.2, 0) is 11.3 Å². The molecule has 1 heterocycles. The van der Waals surface area contributed by atoms with Crippen LogP contribution in [0.5, 0.6) is 5.75 Å². The van der Waals surface area contributed by atoms with Crippen molar-refractivity contribution < 1.29 is 14.3 Å². The van der Waals surface area contributed by atoms with Gasteiger partial charge in [-0.1, -0.05) is 78.4 Å². The van der Waals surface area contributed by atoms with Crippen molar-refractivity contribution in [3.8, 4) is 28.1 Å². The zero-order chi connectivity index (χ0) is 23.9. The van der Waals surface area contributed by atoms with Crippen LogP contribution in [0, 0.1) is 6.92 Å². The smallest absolute Gasteiger partial charge is 0.344 e. The van der Waals surface area contributed by atoms with Gasteiger partial charge in [-0.2, -0.15) is 5.10 Å². The van der Waals surface area contributed by atoms with Crippen LogP contribution in [0.25, 0.3) is 22.4 Å². The van der Waals surface area contributed by atoms with E-state index in [2.05, 4.69) is 0 Å². The number of aromatic nitrogens is 2. The summed E-state index contributed by atoms with van der Waals surface area (Å²) in [6.45, 7) is 2.72. The molecule has 0 aliphatic carbocycles. The van der Waals surface area contributed by atoms with E-state index in [9.17, 15) is 9.59 Å². The predicted octanol–water partition coefficient (Wildman–Crippen LogP) is 5.14. The van der Waals surface area contributed by atoms with Gasteiger partial charge < -0.3 is 9.47 Å². The van der Waals surface area contributed by atoms with Gasteiger partial charge >= 0.3 is 5.97 Å². The number of benzene rings is 3. The quantitative estimate of drug-likeness (QED) is 0.272. The maximum atomic E-state index is 13.4. The first-order valence-corrected chi connectivity index (χ1v) is 11.1. The summed E-state index contributed by atoms with van der Waals surface area (Å²) in [5.74, 6) is 0.0821. The molecule has 0 amide bonds. The Labute approximate surface area is 198 Å². The van der Waals surface area contributed by atoms with E-state index in [0.29, 0.717) is 30.8 Å². The third kappa shape index (κ3) is 5.07. The molecule has 4 aromatic rings. The van der Waals surface area contributed by atoms with Gasteiger partial charge in [-0.25, -0.2) is 9.48 Å². The minimum atomic E-state index is -0.687. The van der Waals surface area contributed by atoms with E-state index < -0.39 is 11.5 Å². The lowest BCUT2D eigenvalue weighted by Gasteiger charge is -2.16. The molecular formula is C28H26N2O4. The van der Waals surface area contributed by atoms with Crippen molar-refractivity contribution in [2.45, 2.75) is 19.9 Å². The Morgan fingerprint density at radius 2 is 1.50 bits per heavy atom. The molecule has 0 atom stereocenters. The van der Waals surface area contributed by atoms with Crippen molar-refractivity contribution >= 4 is 5.97 Å². The standard InChI is InChI=1S/C28H26N2O4/c1-20-14-16-23(17-15-20)34-19-9-18-30-27(31)25(28(32)33-2)24(21-10-5-3-6-11-21)26(29-30)22-12-7-4-8-13-22/h3-8,10-17H,9,18-19H2,1-2H3. The molecular weight excluding hydrogens is 428 g/mol. The molecule has 0 aliphatic rings. The fourth-order valence-corrected chi connectivity index (χ4v) is 3.74. The van der Waals surface area contributed by atoms with E-state index >= 15 is 0 Å². The van der Waals surface area contributed by atoms with Crippen LogP contribution >= 0.6 is 0 Å². The SMILES string of the molecule is COC(=O)c1c(-c2ccccc2)c(-c2ccccc2)nn(CCCOc2ccc(C)cc2)c1=O. The molecule has 1 aromatic heterocycles. The second kappa shape index (κ2) is 10.6. The largest absolute Gasteiger partial charge is 0.494 e. The van der Waals surface area contributed by atoms with Gasteiger partial charge in [-0.15, -0.1) is 0 Å². The van der Waals surface area contributed by atoms with E-state index in [-0.39, 0.29) is 5.56 Å². The molecule has 0 aliphatic heterocycles. The van der Waals surface area contributed by atoms with Crippen LogP contribution in [0.15, 0.2) is 89.7 Å². The number of ether oxygens (including phenoxy) is 2. The first-order chi connectivity index (χ1) is 16.6. The minimum Gasteiger partial charge on any atom is -0.494 e. The number of nitrogens with zero attached hydrogens (tertiary/aromatic N) is 2. The highest BCUT2D eigenvalue weighted by Crippen LogP contribution is 2.32. The fourth-order valence-electron chi connectivity index (χ4n) is 3.74. The van der Waals surface area contributed by atoms with Crippen LogP contribution < -0.4 is 10.3 Å². The maximum Gasteiger partial charge on any atom is 0.344 e. The second-order valence-electron chi connectivity index (χ2n) is 7.87. The summed E-state index contributed by atoms with van der Waals surface area (Å²) in [6, 6.07) is 26.6. The van der Waals surface area contributed by atoms with E-state index in [1.807, 2.05) is 91.9 Å². The van der Waals surface area contributed by atoms with E-state index in [0.717, 1.165) is 22.4 Å². The number of aryl methyl sites for hydroxylation is 2. The van der Waals surface area contributed by atoms with Gasteiger partial charge in [0.25, 0.3) is 5.56 Å². The summed E-state index contributed by atoms with van der Waals surface area (Å²) in [5, 5.41) is 4.69. The Morgan fingerprint density at radius 1 is 0.882 bits per heavy atom. The molecule has 0 bridgehead atoms. The van der Waals surface area contributed by atoms with Crippen molar-refractivity contribution in [1.82, 2.24) is 9.78 Å². The second-order valence-corrected chi connectivity index (χ2v) is 7.87. The van der Waals surface area contributed by atoms with Crippen LogP contribution in [0.4, 0.5) is 0 Å². The lowest BCUT2D eigenvalue weighted by Crippen LogP contribution is -2.31. The van der Waals surface area contributed by atoms with Gasteiger partial charge in [0.2, 0.25) is 0 Å². The molecule has 0 saturated heterocycles. The first kappa shape index (κ1) is 23.0. The molecule has 172 valence electrons. The lowest BCUT2D eigenvalue weighted by molar-refractivity contribution is 0.0598. The summed E-state index contributed by atoms with van der Waals surface area (Å²) in [6.07, 6.45) is 0.542. The summed E-state index contributed by atoms with van der Waals surface area (Å²) in [5.41, 5.74) is 3.19. The monoisotopic (exact) mass is 454 g/mol. The summed E-state index contributed by atoms with van der Waals surface area (Å²) < 4.78 is 12.1. The number of esters is 1. The van der Waals surface area contributed by atoms with Crippen molar-refractivity contribution in [2.24, 2.45) is 0 Å². The van der Waals surface area contributed by atoms with Crippen LogP contribution in [-0.4, -0.2) is 29.5 Å². The van der Waals surface area contributed by atoms with Crippen LogP contribution in [0.2, 0.25) is 0 Å². The molecule has 6 heteroatoms. The van der Waals surface area contributed by atoms with Gasteiger partial charge in [0, 0.05) is 24.1 Å². The molecule has 0 N–H and O–H groups in total. The van der Waals surface area contributed by atoms with Gasteiger partial charge in [0.1, 0.15) is 11.3 Å². The van der Waals surface area contributed by atoms with Crippen molar-refractivity contribution in [2.75, 3.05) is 13.7 Å². The zero-order valence-corrected chi connectivity index (χ0v) is 19.2. The highest BCUT2D eigenvalue weighted by Gasteiger charge is 2.25. The number of hydrogen-bond donors (Lipinski definition) is 0. The maximum absolute atomic E-state index is 13.4. The average molecular weight is 455 g/mol. The fraction of sp³-hybridized carbons (Fsp3) is 0.179. The molecule has 3 aromatic carbocycles. The van der Waals surface area contributed by atoms with E-state index in [1.165, 1.54) is 11.8 Å². The van der Waals surface area contributed by atoms with Crippen LogP contribution in [0.1, 0.15) is 22.3 Å². The van der Waals surface area contributed by atoms with Gasteiger partial charge in [0.05, 0.1) is 19.4 Å². The molecule has 4 rings (SSSR count). The van der Waals surface area contributed by atoms with Crippen molar-refractivity contribution in [1.29, 1.82) is 0 Å². The van der Waals surface area contributed by atoms with E-state index in [1.54, 1.807) is 0 Å². The van der Waals surface area contributed by atoms with Crippen LogP contribution in [0.3, 0.4) is 0 Å². The number of carbonyl (C=O) groups excluding carboxylic acids is 1. The molecule has 6 nitrogen and oxygen atoms in total. The highest BCUT2D eigenvalue weighted by atomic mass is 16.5. The minimum absolute atomic E-state index is 0.0259. The topological polar surface area (TPSA) is 70.4 Å². The van der Waals surface area contributed by atoms with E-state index in [4.69, 9.17) is 14.6 Å². The van der Waals surface area contributed by atoms with Gasteiger partial charge in [-0.3, -0.25) is 4.79 Å². The Hall–Kier alpha value is -4.19. The Bertz CT molecular complexity index is 1310. The Balaban J connectivity index is 1.73. The molecule has 0 radical (unpaired) electrons. The summed E-state index contributed by atoms with van der Waals surface area (Å²) in [4.78, 5) is 26.2. The Kier molecular flexibility index (Phi) is 7.18. The van der Waals surface area contributed by atoms with Gasteiger partial charge in [0.15, 0.2) is 0 Å². The zero-order valence-electron chi connectivity index (χ0n) is 19.2. The predicted molar refractivity (Wildman–Crippen MR) is 132 cm³/mol. The highest BCUT2D eigenvalue weighted by molar-refractivity contribution is 6.00. The summed E-state index contributed by atoms with van der Waals surface area (Å²) >= 11 is 0. The third-order valence-electron chi connectivity index (χ3n) is 5.46. The molecule has 0 fully saturated rings. The third-order valence-corrected chi connectivity index (χ3v) is 5.46. The lowest BCUT2D eigenvalue weighted by atomic mass is 9.95. The number of methoxy groups -OCH3 is 1.